The lowest BCUT2D eigenvalue weighted by Gasteiger charge is -2.06. The van der Waals surface area contributed by atoms with Gasteiger partial charge in [-0.3, -0.25) is 10.1 Å². The highest BCUT2D eigenvalue weighted by atomic mass is 19.1. The van der Waals surface area contributed by atoms with Crippen LogP contribution in [-0.4, -0.2) is 14.7 Å². The van der Waals surface area contributed by atoms with Crippen LogP contribution < -0.4 is 5.32 Å². The standard InChI is InChI=1S/C14H17FN4O2/c1-3-4-12-13(19(20)21)14(18(2)17-12)16-9-10-5-7-11(15)8-6-10/h5-8,16H,3-4,9H2,1-2H3. The molecule has 0 aliphatic carbocycles. The summed E-state index contributed by atoms with van der Waals surface area (Å²) in [6.07, 6.45) is 1.34. The summed E-state index contributed by atoms with van der Waals surface area (Å²) in [6.45, 7) is 2.32. The van der Waals surface area contributed by atoms with Crippen molar-refractivity contribution in [2.24, 2.45) is 7.05 Å². The fourth-order valence-corrected chi connectivity index (χ4v) is 2.15. The van der Waals surface area contributed by atoms with Crippen LogP contribution in [0.2, 0.25) is 0 Å². The molecule has 1 heterocycles. The summed E-state index contributed by atoms with van der Waals surface area (Å²) in [7, 11) is 1.67. The normalized spacial score (nSPS) is 10.6. The molecule has 0 amide bonds. The Kier molecular flexibility index (Phi) is 4.52. The Bertz CT molecular complexity index is 637. The Hall–Kier alpha value is -2.44. The van der Waals surface area contributed by atoms with Gasteiger partial charge in [0.2, 0.25) is 5.82 Å². The zero-order chi connectivity index (χ0) is 15.4. The summed E-state index contributed by atoms with van der Waals surface area (Å²) in [5, 5.41) is 18.5. The van der Waals surface area contributed by atoms with E-state index in [1.807, 2.05) is 6.92 Å². The second-order valence-electron chi connectivity index (χ2n) is 4.75. The third-order valence-corrected chi connectivity index (χ3v) is 3.13. The molecule has 112 valence electrons. The summed E-state index contributed by atoms with van der Waals surface area (Å²) in [6, 6.07) is 5.99. The average Bonchev–Trinajstić information content (AvgIpc) is 2.75. The fourth-order valence-electron chi connectivity index (χ4n) is 2.15. The van der Waals surface area contributed by atoms with Gasteiger partial charge >= 0.3 is 5.69 Å². The van der Waals surface area contributed by atoms with Gasteiger partial charge in [-0.15, -0.1) is 0 Å². The lowest BCUT2D eigenvalue weighted by molar-refractivity contribution is -0.384. The molecule has 1 aromatic carbocycles. The van der Waals surface area contributed by atoms with Crippen LogP contribution in [0.3, 0.4) is 0 Å². The Morgan fingerprint density at radius 1 is 1.38 bits per heavy atom. The van der Waals surface area contributed by atoms with Crippen molar-refractivity contribution in [1.82, 2.24) is 9.78 Å². The molecule has 7 heteroatoms. The van der Waals surface area contributed by atoms with Gasteiger partial charge in [0.25, 0.3) is 0 Å². The Morgan fingerprint density at radius 2 is 2.05 bits per heavy atom. The molecule has 0 unspecified atom stereocenters. The Balaban J connectivity index is 2.22. The van der Waals surface area contributed by atoms with Gasteiger partial charge in [-0.2, -0.15) is 5.10 Å². The van der Waals surface area contributed by atoms with Gasteiger partial charge < -0.3 is 5.32 Å². The summed E-state index contributed by atoms with van der Waals surface area (Å²) in [5.74, 6) is 0.0586. The monoisotopic (exact) mass is 292 g/mol. The van der Waals surface area contributed by atoms with Crippen molar-refractivity contribution in [2.45, 2.75) is 26.3 Å². The Morgan fingerprint density at radius 3 is 2.62 bits per heavy atom. The highest BCUT2D eigenvalue weighted by Crippen LogP contribution is 2.29. The maximum absolute atomic E-state index is 12.8. The number of hydrogen-bond donors (Lipinski definition) is 1. The van der Waals surface area contributed by atoms with Crippen LogP contribution in [0.25, 0.3) is 0 Å². The van der Waals surface area contributed by atoms with Crippen LogP contribution in [0.1, 0.15) is 24.6 Å². The van der Waals surface area contributed by atoms with E-state index in [9.17, 15) is 14.5 Å². The molecule has 0 bridgehead atoms. The summed E-state index contributed by atoms with van der Waals surface area (Å²) >= 11 is 0. The van der Waals surface area contributed by atoms with Crippen LogP contribution in [0.4, 0.5) is 15.9 Å². The first-order chi connectivity index (χ1) is 10.0. The number of rotatable bonds is 6. The van der Waals surface area contributed by atoms with E-state index < -0.39 is 4.92 Å². The van der Waals surface area contributed by atoms with Crippen LogP contribution in [0.15, 0.2) is 24.3 Å². The molecule has 0 radical (unpaired) electrons. The first-order valence-corrected chi connectivity index (χ1v) is 6.71. The molecule has 0 fully saturated rings. The van der Waals surface area contributed by atoms with Crippen LogP contribution >= 0.6 is 0 Å². The molecule has 1 N–H and O–H groups in total. The molecule has 2 aromatic rings. The van der Waals surface area contributed by atoms with Crippen molar-refractivity contribution in [3.63, 3.8) is 0 Å². The van der Waals surface area contributed by atoms with Gasteiger partial charge in [0.1, 0.15) is 11.5 Å². The van der Waals surface area contributed by atoms with Crippen LogP contribution in [-0.2, 0) is 20.0 Å². The molecule has 0 spiro atoms. The van der Waals surface area contributed by atoms with Crippen molar-refractivity contribution in [1.29, 1.82) is 0 Å². The zero-order valence-electron chi connectivity index (χ0n) is 12.0. The number of nitrogens with zero attached hydrogens (tertiary/aromatic N) is 3. The van der Waals surface area contributed by atoms with Gasteiger partial charge in [-0.1, -0.05) is 25.5 Å². The molecule has 0 aliphatic heterocycles. The largest absolute Gasteiger partial charge is 0.360 e. The van der Waals surface area contributed by atoms with Crippen LogP contribution in [0, 0.1) is 15.9 Å². The maximum Gasteiger partial charge on any atom is 0.334 e. The van der Waals surface area contributed by atoms with Gasteiger partial charge in [-0.25, -0.2) is 9.07 Å². The second kappa shape index (κ2) is 6.34. The van der Waals surface area contributed by atoms with Crippen molar-refractivity contribution < 1.29 is 9.31 Å². The molecule has 0 saturated heterocycles. The third kappa shape index (κ3) is 3.36. The molecule has 2 rings (SSSR count). The fraction of sp³-hybridized carbons (Fsp3) is 0.357. The summed E-state index contributed by atoms with van der Waals surface area (Å²) in [5.41, 5.74) is 1.33. The van der Waals surface area contributed by atoms with E-state index in [2.05, 4.69) is 10.4 Å². The Labute approximate surface area is 121 Å². The number of benzene rings is 1. The topological polar surface area (TPSA) is 73.0 Å². The third-order valence-electron chi connectivity index (χ3n) is 3.13. The van der Waals surface area contributed by atoms with E-state index >= 15 is 0 Å². The molecule has 21 heavy (non-hydrogen) atoms. The second-order valence-corrected chi connectivity index (χ2v) is 4.75. The predicted octanol–water partition coefficient (Wildman–Crippen LogP) is 3.03. The molecule has 0 aliphatic rings. The van der Waals surface area contributed by atoms with Crippen molar-refractivity contribution in [2.75, 3.05) is 5.32 Å². The van der Waals surface area contributed by atoms with Gasteiger partial charge in [0.15, 0.2) is 0 Å². The van der Waals surface area contributed by atoms with Gasteiger partial charge in [0, 0.05) is 13.6 Å². The first-order valence-electron chi connectivity index (χ1n) is 6.71. The summed E-state index contributed by atoms with van der Waals surface area (Å²) < 4.78 is 14.3. The first kappa shape index (κ1) is 15.0. The van der Waals surface area contributed by atoms with E-state index in [0.29, 0.717) is 24.5 Å². The van der Waals surface area contributed by atoms with E-state index in [0.717, 1.165) is 12.0 Å². The van der Waals surface area contributed by atoms with Crippen molar-refractivity contribution in [3.05, 3.63) is 51.5 Å². The maximum atomic E-state index is 12.8. The minimum absolute atomic E-state index is 0.0152. The molecule has 0 saturated carbocycles. The quantitative estimate of drug-likeness (QED) is 0.656. The summed E-state index contributed by atoms with van der Waals surface area (Å²) in [4.78, 5) is 10.8. The van der Waals surface area contributed by atoms with Gasteiger partial charge in [-0.05, 0) is 24.1 Å². The molecular weight excluding hydrogens is 275 g/mol. The van der Waals surface area contributed by atoms with E-state index in [1.54, 1.807) is 19.2 Å². The predicted molar refractivity (Wildman–Crippen MR) is 77.6 cm³/mol. The lowest BCUT2D eigenvalue weighted by Crippen LogP contribution is -2.06. The van der Waals surface area contributed by atoms with E-state index in [1.165, 1.54) is 16.8 Å². The SMILES string of the molecule is CCCc1nn(C)c(NCc2ccc(F)cc2)c1[N+](=O)[O-]. The average molecular weight is 292 g/mol. The minimum atomic E-state index is -0.412. The lowest BCUT2D eigenvalue weighted by atomic mass is 10.2. The smallest absolute Gasteiger partial charge is 0.334 e. The van der Waals surface area contributed by atoms with Crippen molar-refractivity contribution in [3.8, 4) is 0 Å². The molecular formula is C14H17FN4O2. The highest BCUT2D eigenvalue weighted by Gasteiger charge is 2.25. The molecule has 0 atom stereocenters. The van der Waals surface area contributed by atoms with Gasteiger partial charge in [0.05, 0.1) is 4.92 Å². The number of aryl methyl sites for hydroxylation is 2. The zero-order valence-corrected chi connectivity index (χ0v) is 12.0. The van der Waals surface area contributed by atoms with E-state index in [-0.39, 0.29) is 11.5 Å². The van der Waals surface area contributed by atoms with Crippen LogP contribution in [0.5, 0.6) is 0 Å². The number of nitrogens with one attached hydrogen (secondary N) is 1. The van der Waals surface area contributed by atoms with E-state index in [4.69, 9.17) is 0 Å². The highest BCUT2D eigenvalue weighted by molar-refractivity contribution is 5.60. The number of aromatic nitrogens is 2. The van der Waals surface area contributed by atoms with Crippen molar-refractivity contribution >= 4 is 11.5 Å². The number of anilines is 1. The number of nitro groups is 1. The minimum Gasteiger partial charge on any atom is -0.360 e. The number of hydrogen-bond acceptors (Lipinski definition) is 4. The molecule has 6 nitrogen and oxygen atoms in total. The molecule has 1 aromatic heterocycles. The number of halogens is 1.